The maximum atomic E-state index is 7.72. The molecule has 0 aromatic heterocycles. The Balaban J connectivity index is 1.37. The van der Waals surface area contributed by atoms with Crippen LogP contribution in [0.1, 0.15) is 49.7 Å². The molecule has 0 radical (unpaired) electrons. The van der Waals surface area contributed by atoms with E-state index in [1.54, 1.807) is 12.3 Å². The molecule has 44 heavy (non-hydrogen) atoms. The summed E-state index contributed by atoms with van der Waals surface area (Å²) in [6, 6.07) is 22.5. The normalized spacial score (nSPS) is 17.3. The molecule has 3 aliphatic rings. The van der Waals surface area contributed by atoms with Gasteiger partial charge in [-0.2, -0.15) is 0 Å². The van der Waals surface area contributed by atoms with E-state index in [-0.39, 0.29) is 0 Å². The first-order valence-electron chi connectivity index (χ1n) is 15.7. The van der Waals surface area contributed by atoms with Crippen molar-refractivity contribution in [3.05, 3.63) is 178 Å². The van der Waals surface area contributed by atoms with Crippen LogP contribution < -0.4 is 16.2 Å². The molecule has 2 nitrogen and oxygen atoms in total. The van der Waals surface area contributed by atoms with Crippen LogP contribution in [-0.4, -0.2) is 6.21 Å². The second-order valence-electron chi connectivity index (χ2n) is 11.6. The second-order valence-corrected chi connectivity index (χ2v) is 11.6. The molecule has 6 rings (SSSR count). The van der Waals surface area contributed by atoms with Gasteiger partial charge in [-0.05, 0) is 129 Å². The number of hydrogen-bond donors (Lipinski definition) is 2. The lowest BCUT2D eigenvalue weighted by atomic mass is 9.80. The molecule has 2 heteroatoms. The van der Waals surface area contributed by atoms with Crippen LogP contribution in [0.15, 0.2) is 156 Å². The number of nitrogens with two attached hydrogens (primary N) is 1. The van der Waals surface area contributed by atoms with E-state index in [0.29, 0.717) is 0 Å². The third-order valence-electron chi connectivity index (χ3n) is 9.16. The first-order chi connectivity index (χ1) is 21.7. The summed E-state index contributed by atoms with van der Waals surface area (Å²) in [5.41, 5.74) is 17.7. The van der Waals surface area contributed by atoms with Crippen molar-refractivity contribution in [3.63, 3.8) is 0 Å². The van der Waals surface area contributed by atoms with Gasteiger partial charge in [-0.25, -0.2) is 0 Å². The van der Waals surface area contributed by atoms with E-state index < -0.39 is 0 Å². The van der Waals surface area contributed by atoms with Crippen molar-refractivity contribution in [1.29, 1.82) is 5.41 Å². The molecule has 0 fully saturated rings. The summed E-state index contributed by atoms with van der Waals surface area (Å²) in [6.45, 7) is 3.79. The van der Waals surface area contributed by atoms with Crippen molar-refractivity contribution in [3.8, 4) is 0 Å². The van der Waals surface area contributed by atoms with Gasteiger partial charge in [-0.1, -0.05) is 116 Å². The lowest BCUT2D eigenvalue weighted by molar-refractivity contribution is 0.861. The van der Waals surface area contributed by atoms with Gasteiger partial charge in [0.1, 0.15) is 0 Å². The Morgan fingerprint density at radius 2 is 1.36 bits per heavy atom. The van der Waals surface area contributed by atoms with E-state index in [9.17, 15) is 0 Å². The summed E-state index contributed by atoms with van der Waals surface area (Å²) in [5.74, 6) is 0. The van der Waals surface area contributed by atoms with E-state index in [1.807, 2.05) is 18.2 Å². The fourth-order valence-electron chi connectivity index (χ4n) is 6.96. The van der Waals surface area contributed by atoms with Crippen LogP contribution >= 0.6 is 0 Å². The number of fused-ring (bicyclic) bond motifs is 2. The molecule has 3 N–H and O–H groups in total. The molecule has 0 atom stereocenters. The summed E-state index contributed by atoms with van der Waals surface area (Å²) >= 11 is 0. The minimum atomic E-state index is 0.879. The van der Waals surface area contributed by atoms with Crippen LogP contribution in [0.4, 0.5) is 0 Å². The number of allylic oxidation sites excluding steroid dienone is 14. The topological polar surface area (TPSA) is 49.9 Å². The standard InChI is InChI=1S/C42H40N2/c1-2-10-35(29-44)32-18-16-30(17-19-32)31-20-22-34(23-21-31)37-26-27-42(40-15-8-7-14-39(37)40)41-25-24-33(11-4-3-9-28-43)36-12-5-6-13-38(36)41/h2-10,12-16,18,20,22,24-25,28-29,44H,1,11,17,19,21,23,26-27,43H2/b4-3-,28-9-,35-10+,44-29?. The summed E-state index contributed by atoms with van der Waals surface area (Å²) in [6.07, 6.45) is 29.1. The third kappa shape index (κ3) is 5.94. The maximum Gasteiger partial charge on any atom is 0.0253 e. The van der Waals surface area contributed by atoms with Crippen LogP contribution in [0.25, 0.3) is 21.9 Å². The van der Waals surface area contributed by atoms with Gasteiger partial charge in [-0.3, -0.25) is 0 Å². The highest BCUT2D eigenvalue weighted by Gasteiger charge is 2.20. The van der Waals surface area contributed by atoms with E-state index in [4.69, 9.17) is 11.1 Å². The van der Waals surface area contributed by atoms with Crippen LogP contribution in [0.3, 0.4) is 0 Å². The lowest BCUT2D eigenvalue weighted by Gasteiger charge is -2.24. The first-order valence-corrected chi connectivity index (χ1v) is 15.7. The predicted octanol–water partition coefficient (Wildman–Crippen LogP) is 8.61. The minimum absolute atomic E-state index is 0.879. The van der Waals surface area contributed by atoms with Crippen molar-refractivity contribution >= 4 is 28.1 Å². The Kier molecular flexibility index (Phi) is 8.98. The van der Waals surface area contributed by atoms with Crippen LogP contribution in [0, 0.1) is 5.41 Å². The van der Waals surface area contributed by atoms with Gasteiger partial charge in [0.2, 0.25) is 0 Å². The fourth-order valence-corrected chi connectivity index (χ4v) is 6.96. The molecule has 0 unspecified atom stereocenters. The van der Waals surface area contributed by atoms with Gasteiger partial charge in [0, 0.05) is 6.21 Å². The van der Waals surface area contributed by atoms with Gasteiger partial charge in [-0.15, -0.1) is 0 Å². The summed E-state index contributed by atoms with van der Waals surface area (Å²) < 4.78 is 0. The second kappa shape index (κ2) is 13.6. The van der Waals surface area contributed by atoms with Gasteiger partial charge in [0.05, 0.1) is 0 Å². The third-order valence-corrected chi connectivity index (χ3v) is 9.16. The molecular weight excluding hydrogens is 532 g/mol. The Hall–Kier alpha value is -4.95. The Labute approximate surface area is 261 Å². The lowest BCUT2D eigenvalue weighted by Crippen LogP contribution is -2.33. The molecule has 0 saturated heterocycles. The zero-order chi connectivity index (χ0) is 30.3. The van der Waals surface area contributed by atoms with E-state index in [2.05, 4.69) is 97.6 Å². The minimum Gasteiger partial charge on any atom is -0.405 e. The smallest absolute Gasteiger partial charge is 0.0253 e. The molecule has 218 valence electrons. The summed E-state index contributed by atoms with van der Waals surface area (Å²) in [7, 11) is 0. The van der Waals surface area contributed by atoms with E-state index in [0.717, 1.165) is 50.5 Å². The number of rotatable bonds is 9. The van der Waals surface area contributed by atoms with Crippen LogP contribution in [0.5, 0.6) is 0 Å². The molecule has 0 saturated carbocycles. The zero-order valence-electron chi connectivity index (χ0n) is 25.4. The quantitative estimate of drug-likeness (QED) is 0.196. The molecule has 0 bridgehead atoms. The summed E-state index contributed by atoms with van der Waals surface area (Å²) in [5, 5.41) is 13.1. The molecule has 0 aliphatic heterocycles. The van der Waals surface area contributed by atoms with Crippen LogP contribution in [-0.2, 0) is 6.42 Å². The maximum absolute atomic E-state index is 7.72. The molecule has 0 spiro atoms. The van der Waals surface area contributed by atoms with Gasteiger partial charge < -0.3 is 11.1 Å². The van der Waals surface area contributed by atoms with E-state index >= 15 is 0 Å². The number of nitrogens with one attached hydrogen (secondary N) is 1. The Bertz CT molecular complexity index is 1970. The number of benzene rings is 3. The average Bonchev–Trinajstić information content (AvgIpc) is 3.09. The van der Waals surface area contributed by atoms with Gasteiger partial charge in [0.15, 0.2) is 0 Å². The highest BCUT2D eigenvalue weighted by Crippen LogP contribution is 2.37. The molecule has 0 heterocycles. The van der Waals surface area contributed by atoms with Crippen LogP contribution in [0.2, 0.25) is 0 Å². The largest absolute Gasteiger partial charge is 0.405 e. The van der Waals surface area contributed by atoms with Gasteiger partial charge in [0.25, 0.3) is 0 Å². The van der Waals surface area contributed by atoms with Crippen molar-refractivity contribution in [2.45, 2.75) is 44.9 Å². The summed E-state index contributed by atoms with van der Waals surface area (Å²) in [4.78, 5) is 0. The molecular formula is C42H40N2. The van der Waals surface area contributed by atoms with Crippen molar-refractivity contribution in [1.82, 2.24) is 0 Å². The van der Waals surface area contributed by atoms with Crippen molar-refractivity contribution < 1.29 is 0 Å². The first kappa shape index (κ1) is 29.1. The monoisotopic (exact) mass is 572 g/mol. The van der Waals surface area contributed by atoms with Crippen molar-refractivity contribution in [2.75, 3.05) is 0 Å². The highest BCUT2D eigenvalue weighted by molar-refractivity contribution is 5.96. The zero-order valence-corrected chi connectivity index (χ0v) is 25.4. The average molecular weight is 573 g/mol. The Morgan fingerprint density at radius 1 is 0.705 bits per heavy atom. The predicted molar refractivity (Wildman–Crippen MR) is 189 cm³/mol. The molecule has 0 amide bonds. The fraction of sp³-hybridized carbons (Fsp3) is 0.167. The SMILES string of the molecule is C=C/C=C(\C=N)C1=CC=C(C2=CC=C(C3=c4ccccc4=C(c4ccc(C/C=C\C=C/N)c5ccccc45)CC3)CC2)CC1. The highest BCUT2D eigenvalue weighted by atomic mass is 14.5. The van der Waals surface area contributed by atoms with E-state index in [1.165, 1.54) is 72.0 Å². The van der Waals surface area contributed by atoms with Crippen molar-refractivity contribution in [2.24, 2.45) is 5.73 Å². The molecule has 3 aromatic carbocycles. The van der Waals surface area contributed by atoms with Gasteiger partial charge >= 0.3 is 0 Å². The molecule has 3 aliphatic carbocycles. The molecule has 3 aromatic rings. The number of hydrogen-bond acceptors (Lipinski definition) is 2. The Morgan fingerprint density at radius 3 is 2.05 bits per heavy atom.